The summed E-state index contributed by atoms with van der Waals surface area (Å²) in [6, 6.07) is 1.53. The van der Waals surface area contributed by atoms with Crippen LogP contribution >= 0.6 is 0 Å². The molecule has 2 aromatic heterocycles. The molecule has 0 spiro atoms. The van der Waals surface area contributed by atoms with E-state index in [1.807, 2.05) is 0 Å². The predicted octanol–water partition coefficient (Wildman–Crippen LogP) is 1.13. The summed E-state index contributed by atoms with van der Waals surface area (Å²) in [5.74, 6) is 1.62. The maximum Gasteiger partial charge on any atom is 0.250 e. The van der Waals surface area contributed by atoms with Crippen LogP contribution in [0.15, 0.2) is 17.1 Å². The van der Waals surface area contributed by atoms with Gasteiger partial charge in [0.15, 0.2) is 0 Å². The second-order valence-electron chi connectivity index (χ2n) is 3.49. The SMILES string of the molecule is O=c1cc2nc(C3CC3)[nH]c2c[nH]1. The molecule has 13 heavy (non-hydrogen) atoms. The van der Waals surface area contributed by atoms with Crippen molar-refractivity contribution in [2.45, 2.75) is 18.8 Å². The van der Waals surface area contributed by atoms with Crippen LogP contribution in [0, 0.1) is 0 Å². The standard InChI is InChI=1S/C9H9N3O/c13-8-3-6-7(4-10-8)12-9(11-6)5-1-2-5/h3-5H,1-2H2,(H,10,13)(H,11,12). The Morgan fingerprint density at radius 3 is 3.08 bits per heavy atom. The average molecular weight is 175 g/mol. The molecule has 0 unspecified atom stereocenters. The quantitative estimate of drug-likeness (QED) is 0.682. The summed E-state index contributed by atoms with van der Waals surface area (Å²) in [6.07, 6.45) is 4.11. The van der Waals surface area contributed by atoms with Gasteiger partial charge in [0.1, 0.15) is 5.82 Å². The number of fused-ring (bicyclic) bond motifs is 1. The molecule has 4 heteroatoms. The zero-order chi connectivity index (χ0) is 8.84. The Morgan fingerprint density at radius 2 is 2.31 bits per heavy atom. The minimum absolute atomic E-state index is 0.0960. The van der Waals surface area contributed by atoms with E-state index in [1.165, 1.54) is 18.9 Å². The molecule has 0 atom stereocenters. The third-order valence-corrected chi connectivity index (χ3v) is 2.37. The van der Waals surface area contributed by atoms with Crippen molar-refractivity contribution < 1.29 is 0 Å². The number of imidazole rings is 1. The van der Waals surface area contributed by atoms with E-state index in [2.05, 4.69) is 15.0 Å². The summed E-state index contributed by atoms with van der Waals surface area (Å²) >= 11 is 0. The van der Waals surface area contributed by atoms with Crippen LogP contribution in [-0.2, 0) is 0 Å². The minimum Gasteiger partial charge on any atom is -0.341 e. The fourth-order valence-electron chi connectivity index (χ4n) is 1.50. The number of hydrogen-bond acceptors (Lipinski definition) is 2. The largest absolute Gasteiger partial charge is 0.341 e. The topological polar surface area (TPSA) is 61.5 Å². The summed E-state index contributed by atoms with van der Waals surface area (Å²) in [6.45, 7) is 0. The van der Waals surface area contributed by atoms with Crippen LogP contribution < -0.4 is 5.56 Å². The van der Waals surface area contributed by atoms with E-state index in [4.69, 9.17) is 0 Å². The van der Waals surface area contributed by atoms with Crippen LogP contribution in [0.4, 0.5) is 0 Å². The van der Waals surface area contributed by atoms with Crippen LogP contribution in [0.3, 0.4) is 0 Å². The summed E-state index contributed by atoms with van der Waals surface area (Å²) in [4.78, 5) is 21.2. The molecule has 2 N–H and O–H groups in total. The molecule has 0 aromatic carbocycles. The van der Waals surface area contributed by atoms with E-state index in [0.717, 1.165) is 16.9 Å². The average Bonchev–Trinajstić information content (AvgIpc) is 2.87. The lowest BCUT2D eigenvalue weighted by Crippen LogP contribution is -2.00. The van der Waals surface area contributed by atoms with E-state index >= 15 is 0 Å². The fraction of sp³-hybridized carbons (Fsp3) is 0.333. The van der Waals surface area contributed by atoms with Crippen LogP contribution in [0.1, 0.15) is 24.6 Å². The van der Waals surface area contributed by atoms with Gasteiger partial charge in [-0.1, -0.05) is 0 Å². The first-order valence-electron chi connectivity index (χ1n) is 4.41. The smallest absolute Gasteiger partial charge is 0.250 e. The van der Waals surface area contributed by atoms with E-state index in [1.54, 1.807) is 6.20 Å². The van der Waals surface area contributed by atoms with Crippen LogP contribution in [0.2, 0.25) is 0 Å². The van der Waals surface area contributed by atoms with Gasteiger partial charge in [-0.25, -0.2) is 4.98 Å². The van der Waals surface area contributed by atoms with Gasteiger partial charge in [-0.05, 0) is 12.8 Å². The lowest BCUT2D eigenvalue weighted by atomic mass is 10.4. The highest BCUT2D eigenvalue weighted by atomic mass is 16.1. The summed E-state index contributed by atoms with van der Waals surface area (Å²) in [7, 11) is 0. The molecule has 0 saturated heterocycles. The van der Waals surface area contributed by atoms with Gasteiger partial charge < -0.3 is 9.97 Å². The Kier molecular flexibility index (Phi) is 1.17. The number of nitrogens with one attached hydrogen (secondary N) is 2. The normalized spacial score (nSPS) is 16.6. The van der Waals surface area contributed by atoms with Crippen molar-refractivity contribution in [3.8, 4) is 0 Å². The highest BCUT2D eigenvalue weighted by Crippen LogP contribution is 2.38. The number of hydrogen-bond donors (Lipinski definition) is 2. The van der Waals surface area contributed by atoms with Crippen molar-refractivity contribution in [1.82, 2.24) is 15.0 Å². The van der Waals surface area contributed by atoms with Gasteiger partial charge in [-0.2, -0.15) is 0 Å². The van der Waals surface area contributed by atoms with Crippen molar-refractivity contribution in [2.24, 2.45) is 0 Å². The van der Waals surface area contributed by atoms with Crippen molar-refractivity contribution >= 4 is 11.0 Å². The van der Waals surface area contributed by atoms with Crippen LogP contribution in [0.25, 0.3) is 11.0 Å². The Morgan fingerprint density at radius 1 is 1.46 bits per heavy atom. The molecule has 3 rings (SSSR count). The predicted molar refractivity (Wildman–Crippen MR) is 48.7 cm³/mol. The number of nitrogens with zero attached hydrogens (tertiary/aromatic N) is 1. The molecule has 2 heterocycles. The van der Waals surface area contributed by atoms with Crippen molar-refractivity contribution in [2.75, 3.05) is 0 Å². The van der Waals surface area contributed by atoms with Crippen molar-refractivity contribution in [3.63, 3.8) is 0 Å². The van der Waals surface area contributed by atoms with Gasteiger partial charge in [-0.3, -0.25) is 4.79 Å². The molecule has 0 radical (unpaired) electrons. The summed E-state index contributed by atoms with van der Waals surface area (Å²) < 4.78 is 0. The van der Waals surface area contributed by atoms with Crippen molar-refractivity contribution in [3.05, 3.63) is 28.4 Å². The van der Waals surface area contributed by atoms with E-state index in [9.17, 15) is 4.79 Å². The lowest BCUT2D eigenvalue weighted by molar-refractivity contribution is 0.986. The molecular weight excluding hydrogens is 166 g/mol. The maximum absolute atomic E-state index is 11.0. The fourth-order valence-corrected chi connectivity index (χ4v) is 1.50. The highest BCUT2D eigenvalue weighted by molar-refractivity contribution is 5.73. The minimum atomic E-state index is -0.0960. The van der Waals surface area contributed by atoms with Gasteiger partial charge in [0.25, 0.3) is 0 Å². The first-order valence-corrected chi connectivity index (χ1v) is 4.41. The third kappa shape index (κ3) is 1.06. The van der Waals surface area contributed by atoms with E-state index < -0.39 is 0 Å². The zero-order valence-corrected chi connectivity index (χ0v) is 7.00. The monoisotopic (exact) mass is 175 g/mol. The zero-order valence-electron chi connectivity index (χ0n) is 7.00. The van der Waals surface area contributed by atoms with E-state index in [-0.39, 0.29) is 5.56 Å². The molecular formula is C9H9N3O. The first-order chi connectivity index (χ1) is 6.33. The second-order valence-corrected chi connectivity index (χ2v) is 3.49. The van der Waals surface area contributed by atoms with Crippen LogP contribution in [-0.4, -0.2) is 15.0 Å². The molecule has 0 amide bonds. The van der Waals surface area contributed by atoms with Crippen LogP contribution in [0.5, 0.6) is 0 Å². The number of aromatic amines is 2. The van der Waals surface area contributed by atoms with E-state index in [0.29, 0.717) is 5.92 Å². The summed E-state index contributed by atoms with van der Waals surface area (Å²) in [5, 5.41) is 0. The molecule has 1 aliphatic rings. The Labute approximate surface area is 74.0 Å². The summed E-state index contributed by atoms with van der Waals surface area (Å²) in [5.41, 5.74) is 1.59. The first kappa shape index (κ1) is 6.88. The number of rotatable bonds is 1. The molecule has 4 nitrogen and oxygen atoms in total. The van der Waals surface area contributed by atoms with Gasteiger partial charge in [0.2, 0.25) is 5.56 Å². The third-order valence-electron chi connectivity index (χ3n) is 2.37. The Balaban J connectivity index is 2.26. The maximum atomic E-state index is 11.0. The molecule has 2 aromatic rings. The van der Waals surface area contributed by atoms with Gasteiger partial charge in [0, 0.05) is 18.2 Å². The molecule has 1 fully saturated rings. The van der Waals surface area contributed by atoms with Gasteiger partial charge in [0.05, 0.1) is 11.0 Å². The number of H-pyrrole nitrogens is 2. The van der Waals surface area contributed by atoms with Gasteiger partial charge in [-0.15, -0.1) is 0 Å². The molecule has 66 valence electrons. The Hall–Kier alpha value is -1.58. The molecule has 1 saturated carbocycles. The number of aromatic nitrogens is 3. The highest BCUT2D eigenvalue weighted by Gasteiger charge is 2.26. The molecule has 1 aliphatic carbocycles. The molecule has 0 aliphatic heterocycles. The van der Waals surface area contributed by atoms with Gasteiger partial charge >= 0.3 is 0 Å². The number of pyridine rings is 1. The second kappa shape index (κ2) is 2.22. The Bertz CT molecular complexity index is 507. The lowest BCUT2D eigenvalue weighted by Gasteiger charge is -1.84. The van der Waals surface area contributed by atoms with Crippen molar-refractivity contribution in [1.29, 1.82) is 0 Å². The molecule has 0 bridgehead atoms.